The molecule has 2 fully saturated rings. The Morgan fingerprint density at radius 1 is 1.04 bits per heavy atom. The lowest BCUT2D eigenvalue weighted by Crippen LogP contribution is -2.30. The van der Waals surface area contributed by atoms with E-state index < -0.39 is 29.3 Å². The number of ether oxygens (including phenoxy) is 1. The van der Waals surface area contributed by atoms with Gasteiger partial charge in [0.15, 0.2) is 0 Å². The van der Waals surface area contributed by atoms with E-state index in [1.165, 1.54) is 0 Å². The van der Waals surface area contributed by atoms with Crippen molar-refractivity contribution >= 4 is 45.8 Å². The Hall–Kier alpha value is -2.90. The summed E-state index contributed by atoms with van der Waals surface area (Å²) in [5.74, 6) is 9.95. The van der Waals surface area contributed by atoms with Crippen LogP contribution in [0.25, 0.3) is 6.08 Å². The minimum atomic E-state index is -4.29. The van der Waals surface area contributed by atoms with Crippen molar-refractivity contribution in [3.05, 3.63) is 53.1 Å². The van der Waals surface area contributed by atoms with Gasteiger partial charge in [-0.2, -0.15) is 13.2 Å². The molecule has 1 heterocycles. The molecule has 0 aromatic heterocycles. The molecular formula is C37H45F3N2O3S2. The van der Waals surface area contributed by atoms with Gasteiger partial charge in [0.2, 0.25) is 0 Å². The molecule has 1 atom stereocenters. The number of benzene rings is 2. The van der Waals surface area contributed by atoms with Crippen LogP contribution in [-0.4, -0.2) is 53.1 Å². The molecule has 2 N–H and O–H groups in total. The highest BCUT2D eigenvalue weighted by atomic mass is 32.2. The molecule has 0 bridgehead atoms. The topological polar surface area (TPSA) is 67.4 Å². The van der Waals surface area contributed by atoms with Crippen molar-refractivity contribution in [1.29, 1.82) is 0 Å². The fourth-order valence-electron chi connectivity index (χ4n) is 6.91. The second kappa shape index (κ2) is 16.5. The first-order chi connectivity index (χ1) is 22.6. The summed E-state index contributed by atoms with van der Waals surface area (Å²) in [6.45, 7) is 1.94. The van der Waals surface area contributed by atoms with Crippen molar-refractivity contribution in [2.24, 2.45) is 17.8 Å². The zero-order chi connectivity index (χ0) is 33.4. The molecule has 47 heavy (non-hydrogen) atoms. The van der Waals surface area contributed by atoms with Crippen molar-refractivity contribution in [3.63, 3.8) is 0 Å². The van der Waals surface area contributed by atoms with E-state index in [1.54, 1.807) is 14.0 Å². The molecule has 0 spiro atoms. The molecule has 5 nitrogen and oxygen atoms in total. The quantitative estimate of drug-likeness (QED) is 0.183. The lowest BCUT2D eigenvalue weighted by atomic mass is 9.81. The SMILES string of the molecule is COc1cc(SCC2CCC(CC(C)=O)CC2)ccc1NCC#CC1=Cc2c(cccc2NC2CCS(=O)CC2)CC1CC(F)(F)F. The van der Waals surface area contributed by atoms with Crippen LogP contribution in [0.15, 0.2) is 46.9 Å². The van der Waals surface area contributed by atoms with Gasteiger partial charge >= 0.3 is 6.18 Å². The summed E-state index contributed by atoms with van der Waals surface area (Å²) in [5, 5.41) is 6.85. The molecule has 3 aliphatic rings. The van der Waals surface area contributed by atoms with Crippen LogP contribution in [0.1, 0.15) is 69.4 Å². The maximum absolute atomic E-state index is 13.6. The number of fused-ring (bicyclic) bond motifs is 1. The minimum absolute atomic E-state index is 0.192. The largest absolute Gasteiger partial charge is 0.495 e. The average Bonchev–Trinajstić information content (AvgIpc) is 3.03. The highest BCUT2D eigenvalue weighted by molar-refractivity contribution is 7.99. The fourth-order valence-corrected chi connectivity index (χ4v) is 9.32. The number of hydrogen-bond donors (Lipinski definition) is 2. The second-order valence-electron chi connectivity index (χ2n) is 13.1. The van der Waals surface area contributed by atoms with E-state index in [0.717, 1.165) is 71.7 Å². The van der Waals surface area contributed by atoms with E-state index in [0.29, 0.717) is 41.1 Å². The summed E-state index contributed by atoms with van der Waals surface area (Å²) < 4.78 is 58.3. The van der Waals surface area contributed by atoms with E-state index >= 15 is 0 Å². The summed E-state index contributed by atoms with van der Waals surface area (Å²) >= 11 is 1.82. The van der Waals surface area contributed by atoms with Crippen LogP contribution in [0.2, 0.25) is 0 Å². The third-order valence-electron chi connectivity index (χ3n) is 9.43. The van der Waals surface area contributed by atoms with E-state index in [1.807, 2.05) is 48.2 Å². The van der Waals surface area contributed by atoms with Gasteiger partial charge in [-0.1, -0.05) is 24.0 Å². The molecule has 5 rings (SSSR count). The summed E-state index contributed by atoms with van der Waals surface area (Å²) in [6, 6.07) is 12.0. The molecular weight excluding hydrogens is 642 g/mol. The van der Waals surface area contributed by atoms with Crippen molar-refractivity contribution in [2.45, 2.75) is 81.8 Å². The first-order valence-electron chi connectivity index (χ1n) is 16.6. The fraction of sp³-hybridized carbons (Fsp3) is 0.541. The summed E-state index contributed by atoms with van der Waals surface area (Å²) in [4.78, 5) is 12.6. The Bertz CT molecular complexity index is 1510. The number of halogens is 3. The maximum atomic E-state index is 13.6. The van der Waals surface area contributed by atoms with Gasteiger partial charge < -0.3 is 20.2 Å². The number of nitrogens with one attached hydrogen (secondary N) is 2. The number of thioether (sulfide) groups is 1. The standard InChI is InChI=1S/C37H45F3N2O3S2/c1-25(43)19-26-8-10-27(11-9-26)24-46-32-12-13-35(36(22-32)45-2)41-16-4-6-28-21-33-29(20-30(28)23-37(38,39)40)5-3-7-34(33)42-31-14-17-47(44)18-15-31/h3,5,7,12-13,21-22,26-27,30-31,41-42H,8-11,14-20,23-24H2,1-2H3. The predicted molar refractivity (Wildman–Crippen MR) is 188 cm³/mol. The molecule has 254 valence electrons. The summed E-state index contributed by atoms with van der Waals surface area (Å²) in [6.07, 6.45) is 3.79. The normalized spacial score (nSPS) is 24.3. The molecule has 0 radical (unpaired) electrons. The number of carbonyl (C=O) groups excluding carboxylic acids is 1. The van der Waals surface area contributed by atoms with Crippen molar-refractivity contribution < 1.29 is 26.9 Å². The monoisotopic (exact) mass is 686 g/mol. The van der Waals surface area contributed by atoms with Gasteiger partial charge in [0, 0.05) is 68.2 Å². The number of alkyl halides is 3. The lowest BCUT2D eigenvalue weighted by Gasteiger charge is -2.29. The Morgan fingerprint density at radius 3 is 2.49 bits per heavy atom. The number of methoxy groups -OCH3 is 1. The maximum Gasteiger partial charge on any atom is 0.389 e. The van der Waals surface area contributed by atoms with Gasteiger partial charge in [0.25, 0.3) is 0 Å². The van der Waals surface area contributed by atoms with Gasteiger partial charge in [-0.25, -0.2) is 0 Å². The molecule has 2 aromatic rings. The van der Waals surface area contributed by atoms with Crippen LogP contribution in [0.5, 0.6) is 5.75 Å². The first kappa shape index (κ1) is 35.4. The van der Waals surface area contributed by atoms with Crippen LogP contribution in [0.4, 0.5) is 24.5 Å². The molecule has 10 heteroatoms. The number of carbonyl (C=O) groups is 1. The molecule has 1 saturated carbocycles. The second-order valence-corrected chi connectivity index (χ2v) is 15.9. The number of rotatable bonds is 11. The predicted octanol–water partition coefficient (Wildman–Crippen LogP) is 8.52. The Labute approximate surface area is 283 Å². The number of allylic oxidation sites excluding steroid dienone is 1. The molecule has 1 unspecified atom stereocenters. The number of hydrogen-bond acceptors (Lipinski definition) is 6. The molecule has 1 aliphatic heterocycles. The minimum Gasteiger partial charge on any atom is -0.495 e. The smallest absolute Gasteiger partial charge is 0.389 e. The zero-order valence-electron chi connectivity index (χ0n) is 27.2. The third kappa shape index (κ3) is 10.5. The van der Waals surface area contributed by atoms with Gasteiger partial charge in [-0.15, -0.1) is 11.8 Å². The molecule has 2 aliphatic carbocycles. The van der Waals surface area contributed by atoms with Gasteiger partial charge in [0.05, 0.1) is 25.8 Å². The van der Waals surface area contributed by atoms with Gasteiger partial charge in [-0.05, 0) is 99.6 Å². The number of Topliss-reactive ketones (excluding diaryl/α,β-unsaturated/α-hetero) is 1. The Kier molecular flexibility index (Phi) is 12.4. The first-order valence-corrected chi connectivity index (χ1v) is 19.1. The van der Waals surface area contributed by atoms with E-state index in [2.05, 4.69) is 28.5 Å². The third-order valence-corrected chi connectivity index (χ3v) is 12.0. The highest BCUT2D eigenvalue weighted by Crippen LogP contribution is 2.39. The van der Waals surface area contributed by atoms with Gasteiger partial charge in [0.1, 0.15) is 11.5 Å². The van der Waals surface area contributed by atoms with Crippen molar-refractivity contribution in [1.82, 2.24) is 0 Å². The van der Waals surface area contributed by atoms with Crippen LogP contribution in [0.3, 0.4) is 0 Å². The van der Waals surface area contributed by atoms with E-state index in [9.17, 15) is 22.2 Å². The van der Waals surface area contributed by atoms with Crippen molar-refractivity contribution in [2.75, 3.05) is 41.5 Å². The van der Waals surface area contributed by atoms with Crippen molar-refractivity contribution in [3.8, 4) is 17.6 Å². The molecule has 0 amide bonds. The Balaban J connectivity index is 1.22. The zero-order valence-corrected chi connectivity index (χ0v) is 28.9. The number of ketones is 1. The highest BCUT2D eigenvalue weighted by Gasteiger charge is 2.35. The van der Waals surface area contributed by atoms with Crippen LogP contribution in [0, 0.1) is 29.6 Å². The molecule has 2 aromatic carbocycles. The van der Waals surface area contributed by atoms with E-state index in [4.69, 9.17) is 4.74 Å². The van der Waals surface area contributed by atoms with Crippen LogP contribution >= 0.6 is 11.8 Å². The molecule has 1 saturated heterocycles. The summed E-state index contributed by atoms with van der Waals surface area (Å²) in [7, 11) is 0.858. The van der Waals surface area contributed by atoms with Crippen LogP contribution in [-0.2, 0) is 22.0 Å². The average molecular weight is 687 g/mol. The number of anilines is 2. The Morgan fingerprint density at radius 2 is 1.79 bits per heavy atom. The summed E-state index contributed by atoms with van der Waals surface area (Å²) in [5.41, 5.74) is 3.95. The van der Waals surface area contributed by atoms with E-state index in [-0.39, 0.29) is 24.8 Å². The van der Waals surface area contributed by atoms with Gasteiger partial charge in [-0.3, -0.25) is 4.21 Å². The lowest BCUT2D eigenvalue weighted by molar-refractivity contribution is -0.141. The van der Waals surface area contributed by atoms with Crippen LogP contribution < -0.4 is 15.4 Å².